The third-order valence-corrected chi connectivity index (χ3v) is 6.08. The molecule has 4 rings (SSSR count). The topological polar surface area (TPSA) is 52.7 Å². The van der Waals surface area contributed by atoms with Crippen LogP contribution in [-0.2, 0) is 4.79 Å². The lowest BCUT2D eigenvalue weighted by molar-refractivity contribution is -0.121. The molecule has 2 aromatic carbocycles. The Hall–Kier alpha value is -2.96. The standard InChI is InChI=1S/C24H27F2N3O2/c25-19-8-6-17(7-9-19)24(31)29-14-4-5-18(16-29)23(30)27-21-15-20(26)10-11-22(21)28-12-2-1-3-13-28/h6-11,15,18H,1-5,12-14,16H2,(H,27,30). The van der Waals surface area contributed by atoms with Crippen molar-refractivity contribution >= 4 is 23.2 Å². The van der Waals surface area contributed by atoms with Gasteiger partial charge in [0.1, 0.15) is 11.6 Å². The molecule has 31 heavy (non-hydrogen) atoms. The van der Waals surface area contributed by atoms with Gasteiger partial charge >= 0.3 is 0 Å². The molecular formula is C24H27F2N3O2. The lowest BCUT2D eigenvalue weighted by Gasteiger charge is -2.33. The molecule has 0 bridgehead atoms. The van der Waals surface area contributed by atoms with Gasteiger partial charge < -0.3 is 15.1 Å². The Morgan fingerprint density at radius 1 is 0.871 bits per heavy atom. The van der Waals surface area contributed by atoms with Crippen LogP contribution in [0.3, 0.4) is 0 Å². The molecule has 0 aromatic heterocycles. The van der Waals surface area contributed by atoms with E-state index >= 15 is 0 Å². The zero-order valence-electron chi connectivity index (χ0n) is 17.4. The molecule has 5 nitrogen and oxygen atoms in total. The summed E-state index contributed by atoms with van der Waals surface area (Å²) in [5, 5.41) is 2.92. The van der Waals surface area contributed by atoms with Gasteiger partial charge in [0, 0.05) is 31.7 Å². The van der Waals surface area contributed by atoms with Crippen LogP contribution in [0.4, 0.5) is 20.2 Å². The van der Waals surface area contributed by atoms with E-state index in [1.807, 2.05) is 0 Å². The van der Waals surface area contributed by atoms with E-state index in [0.717, 1.165) is 31.6 Å². The predicted octanol–water partition coefficient (Wildman–Crippen LogP) is 4.45. The summed E-state index contributed by atoms with van der Waals surface area (Å²) in [4.78, 5) is 29.6. The van der Waals surface area contributed by atoms with Gasteiger partial charge in [0.05, 0.1) is 17.3 Å². The molecule has 2 aliphatic heterocycles. The first-order valence-corrected chi connectivity index (χ1v) is 10.9. The van der Waals surface area contributed by atoms with E-state index < -0.39 is 11.6 Å². The summed E-state index contributed by atoms with van der Waals surface area (Å²) < 4.78 is 27.1. The number of nitrogens with zero attached hydrogens (tertiary/aromatic N) is 2. The molecule has 0 radical (unpaired) electrons. The third-order valence-electron chi connectivity index (χ3n) is 6.08. The van der Waals surface area contributed by atoms with E-state index in [1.54, 1.807) is 11.0 Å². The molecule has 2 aliphatic rings. The molecule has 2 heterocycles. The molecule has 2 fully saturated rings. The highest BCUT2D eigenvalue weighted by atomic mass is 19.1. The zero-order valence-corrected chi connectivity index (χ0v) is 17.4. The van der Waals surface area contributed by atoms with E-state index in [2.05, 4.69) is 10.2 Å². The van der Waals surface area contributed by atoms with Crippen LogP contribution in [0.15, 0.2) is 42.5 Å². The molecule has 0 spiro atoms. The molecule has 164 valence electrons. The van der Waals surface area contributed by atoms with Crippen molar-refractivity contribution in [3.05, 3.63) is 59.7 Å². The molecule has 1 N–H and O–H groups in total. The van der Waals surface area contributed by atoms with E-state index in [1.165, 1.54) is 42.8 Å². The largest absolute Gasteiger partial charge is 0.370 e. The number of halogens is 2. The van der Waals surface area contributed by atoms with Gasteiger partial charge in [-0.2, -0.15) is 0 Å². The minimum Gasteiger partial charge on any atom is -0.370 e. The van der Waals surface area contributed by atoms with E-state index in [0.29, 0.717) is 30.6 Å². The number of rotatable bonds is 4. The number of nitrogens with one attached hydrogen (secondary N) is 1. The van der Waals surface area contributed by atoms with Crippen LogP contribution in [0.25, 0.3) is 0 Å². The van der Waals surface area contributed by atoms with Crippen molar-refractivity contribution in [3.63, 3.8) is 0 Å². The monoisotopic (exact) mass is 427 g/mol. The first-order chi connectivity index (χ1) is 15.0. The Balaban J connectivity index is 1.45. The Morgan fingerprint density at radius 2 is 1.58 bits per heavy atom. The highest BCUT2D eigenvalue weighted by Gasteiger charge is 2.29. The molecule has 0 aliphatic carbocycles. The summed E-state index contributed by atoms with van der Waals surface area (Å²) in [5.74, 6) is -1.59. The number of anilines is 2. The van der Waals surface area contributed by atoms with Crippen molar-refractivity contribution in [2.45, 2.75) is 32.1 Å². The van der Waals surface area contributed by atoms with Gasteiger partial charge in [0.2, 0.25) is 5.91 Å². The Bertz CT molecular complexity index is 942. The molecular weight excluding hydrogens is 400 g/mol. The molecule has 1 atom stereocenters. The Labute approximate surface area is 181 Å². The van der Waals surface area contributed by atoms with Crippen LogP contribution in [0, 0.1) is 17.6 Å². The number of carbonyl (C=O) groups is 2. The molecule has 1 unspecified atom stereocenters. The maximum absolute atomic E-state index is 13.9. The van der Waals surface area contributed by atoms with Gasteiger partial charge in [0.15, 0.2) is 0 Å². The van der Waals surface area contributed by atoms with Crippen molar-refractivity contribution in [1.82, 2.24) is 4.90 Å². The van der Waals surface area contributed by atoms with Gasteiger partial charge in [-0.25, -0.2) is 8.78 Å². The third kappa shape index (κ3) is 5.03. The lowest BCUT2D eigenvalue weighted by Crippen LogP contribution is -2.44. The van der Waals surface area contributed by atoms with Gasteiger partial charge in [-0.15, -0.1) is 0 Å². The van der Waals surface area contributed by atoms with Gasteiger partial charge in [-0.05, 0) is 74.6 Å². The number of piperidine rings is 2. The van der Waals surface area contributed by atoms with Crippen LogP contribution in [0.1, 0.15) is 42.5 Å². The van der Waals surface area contributed by atoms with E-state index in [-0.39, 0.29) is 24.3 Å². The van der Waals surface area contributed by atoms with Crippen LogP contribution >= 0.6 is 0 Å². The Morgan fingerprint density at radius 3 is 2.32 bits per heavy atom. The van der Waals surface area contributed by atoms with Crippen molar-refractivity contribution in [3.8, 4) is 0 Å². The average molecular weight is 427 g/mol. The number of benzene rings is 2. The molecule has 2 amide bonds. The number of amides is 2. The van der Waals surface area contributed by atoms with Gasteiger partial charge in [0.25, 0.3) is 5.91 Å². The number of hydrogen-bond acceptors (Lipinski definition) is 3. The maximum Gasteiger partial charge on any atom is 0.253 e. The minimum absolute atomic E-state index is 0.208. The smallest absolute Gasteiger partial charge is 0.253 e. The van der Waals surface area contributed by atoms with Crippen LogP contribution in [-0.4, -0.2) is 42.9 Å². The van der Waals surface area contributed by atoms with Crippen molar-refractivity contribution < 1.29 is 18.4 Å². The van der Waals surface area contributed by atoms with Crippen molar-refractivity contribution in [2.24, 2.45) is 5.92 Å². The molecule has 2 aromatic rings. The summed E-state index contributed by atoms with van der Waals surface area (Å²) >= 11 is 0. The zero-order chi connectivity index (χ0) is 21.8. The quantitative estimate of drug-likeness (QED) is 0.785. The van der Waals surface area contributed by atoms with Crippen LogP contribution in [0.2, 0.25) is 0 Å². The highest BCUT2D eigenvalue weighted by Crippen LogP contribution is 2.30. The molecule has 0 saturated carbocycles. The summed E-state index contributed by atoms with van der Waals surface area (Å²) in [6.45, 7) is 2.62. The SMILES string of the molecule is O=C(Nc1cc(F)ccc1N1CCCCC1)C1CCCN(C(=O)c2ccc(F)cc2)C1. The fourth-order valence-corrected chi connectivity index (χ4v) is 4.40. The summed E-state index contributed by atoms with van der Waals surface area (Å²) in [5.41, 5.74) is 1.72. The average Bonchev–Trinajstić information content (AvgIpc) is 2.80. The number of likely N-dealkylation sites (tertiary alicyclic amines) is 1. The lowest BCUT2D eigenvalue weighted by atomic mass is 9.96. The molecule has 7 heteroatoms. The summed E-state index contributed by atoms with van der Waals surface area (Å²) in [6.07, 6.45) is 4.70. The van der Waals surface area contributed by atoms with E-state index in [4.69, 9.17) is 0 Å². The molecule has 2 saturated heterocycles. The fraction of sp³-hybridized carbons (Fsp3) is 0.417. The minimum atomic E-state index is -0.396. The first-order valence-electron chi connectivity index (χ1n) is 10.9. The van der Waals surface area contributed by atoms with E-state index in [9.17, 15) is 18.4 Å². The normalized spacial score (nSPS) is 19.2. The fourth-order valence-electron chi connectivity index (χ4n) is 4.40. The summed E-state index contributed by atoms with van der Waals surface area (Å²) in [7, 11) is 0. The van der Waals surface area contributed by atoms with Gasteiger partial charge in [-0.3, -0.25) is 9.59 Å². The second-order valence-electron chi connectivity index (χ2n) is 8.30. The van der Waals surface area contributed by atoms with Crippen LogP contribution < -0.4 is 10.2 Å². The maximum atomic E-state index is 13.9. The highest BCUT2D eigenvalue weighted by molar-refractivity contribution is 5.98. The second kappa shape index (κ2) is 9.45. The number of carbonyl (C=O) groups excluding carboxylic acids is 2. The van der Waals surface area contributed by atoms with Crippen molar-refractivity contribution in [1.29, 1.82) is 0 Å². The van der Waals surface area contributed by atoms with Gasteiger partial charge in [-0.1, -0.05) is 0 Å². The second-order valence-corrected chi connectivity index (χ2v) is 8.30. The number of hydrogen-bond donors (Lipinski definition) is 1. The Kier molecular flexibility index (Phi) is 6.49. The summed E-state index contributed by atoms with van der Waals surface area (Å²) in [6, 6.07) is 9.94. The predicted molar refractivity (Wildman–Crippen MR) is 116 cm³/mol. The van der Waals surface area contributed by atoms with Crippen LogP contribution in [0.5, 0.6) is 0 Å². The first kappa shape index (κ1) is 21.3. The van der Waals surface area contributed by atoms with Crippen molar-refractivity contribution in [2.75, 3.05) is 36.4 Å².